The molecule has 0 radical (unpaired) electrons. The number of aromatic hydroxyl groups is 1. The van der Waals surface area contributed by atoms with E-state index in [1.807, 2.05) is 70.2 Å². The van der Waals surface area contributed by atoms with Crippen molar-refractivity contribution in [1.29, 1.82) is 0 Å². The van der Waals surface area contributed by atoms with Gasteiger partial charge < -0.3 is 69.0 Å². The summed E-state index contributed by atoms with van der Waals surface area (Å²) < 4.78 is 43.9. The Balaban J connectivity index is 0.000000596. The summed E-state index contributed by atoms with van der Waals surface area (Å²) in [6.45, 7) is 18.7. The summed E-state index contributed by atoms with van der Waals surface area (Å²) >= 11 is 8.12. The first-order valence-electron chi connectivity index (χ1n) is 33.8. The quantitative estimate of drug-likeness (QED) is 0.0230. The highest BCUT2D eigenvalue weighted by atomic mass is 128. The van der Waals surface area contributed by atoms with Crippen LogP contribution in [-0.2, 0) is 41.3 Å². The Bertz CT molecular complexity index is 3660. The molecule has 11 rings (SSSR count). The third kappa shape index (κ3) is 39.4. The number of carbonyl (C=O) groups is 1. The lowest BCUT2D eigenvalue weighted by molar-refractivity contribution is -0.612. The van der Waals surface area contributed by atoms with E-state index in [0.717, 1.165) is 99.0 Å². The predicted molar refractivity (Wildman–Crippen MR) is 435 cm³/mol. The second kappa shape index (κ2) is 57.3. The summed E-state index contributed by atoms with van der Waals surface area (Å²) in [4.78, 5) is 46.5. The van der Waals surface area contributed by atoms with Crippen molar-refractivity contribution in [2.24, 2.45) is 5.73 Å². The largest absolute Gasteiger partial charge is 0.618 e. The average molecular weight is 1710 g/mol. The molecule has 0 atom stereocenters. The van der Waals surface area contributed by atoms with Crippen LogP contribution in [0.5, 0.6) is 51.7 Å². The van der Waals surface area contributed by atoms with Gasteiger partial charge in [0.05, 0.1) is 136 Å². The van der Waals surface area contributed by atoms with Crippen molar-refractivity contribution in [3.63, 3.8) is 0 Å². The monoisotopic (exact) mass is 1710 g/mol. The van der Waals surface area contributed by atoms with Gasteiger partial charge in [-0.15, -0.1) is 11.6 Å². The molecule has 27 heteroatoms. The third-order valence-corrected chi connectivity index (χ3v) is 15.6. The number of aromatic nitrogens is 9. The summed E-state index contributed by atoms with van der Waals surface area (Å²) in [7, 11) is 12.8. The molecule has 9 heterocycles. The number of carbonyl (C=O) groups excluding carboxylic acids is 1. The first-order chi connectivity index (χ1) is 51.1. The second-order valence-electron chi connectivity index (χ2n) is 22.7. The molecule has 0 amide bonds. The minimum atomic E-state index is -0.704. The summed E-state index contributed by atoms with van der Waals surface area (Å²) in [6.07, 6.45) is 26.1. The standard InChI is InChI=1S/C13H20N2O.C12H17NO2.C9H11NO2.C8H8N2O.C7H8ClNO.2C7H9NO2.C7H9NO.C6H7NO.C2H6.CH2I2/c1-16-11-5-6-12(15-9-11)13(10-14)7-3-2-4-8-13;1-15-10-5-6-11(13-9-10)12(14)7-3-2-4-8-12;1-7(11)5-8-3-4-9(12-2)6-10-8;1-9-5-7-3-4-8(11-2)6-10-7;1-10-7-3-2-6(4-8)9-5-7;1-6-3-4-7(10-2)5-8(6)9;1-10-7-3-2-6(5-9)8-4-7;1-6-3-4-7(9-2)5-8-6;1-5-2-3-6(8)4-7-5;1-2;1-3-2/h5-6,9H,2-4,7-8,10,14H2,1H3;5-6,9,14H,2-4,7-8H2,1H3;3-4,6H,5H2,1-2H3;3-4,6H,5H2,2H3;2-3,5H,4H2,1H3;3-5H,1-2H3;2-4,9H,5H2,1H3;3-5H,1-2H3;2-4,8H,1H3;1-2H3;1H2. The van der Waals surface area contributed by atoms with E-state index in [1.54, 1.807) is 168 Å². The normalized spacial score (nSPS) is 12.1. The lowest BCUT2D eigenvalue weighted by Gasteiger charge is -2.35. The van der Waals surface area contributed by atoms with Gasteiger partial charge in [-0.05, 0) is 168 Å². The van der Waals surface area contributed by atoms with E-state index >= 15 is 0 Å². The Morgan fingerprint density at radius 2 is 0.906 bits per heavy atom. The van der Waals surface area contributed by atoms with Crippen molar-refractivity contribution in [3.05, 3.63) is 233 Å². The van der Waals surface area contributed by atoms with Gasteiger partial charge in [0.25, 0.3) is 6.54 Å². The zero-order valence-electron chi connectivity index (χ0n) is 63.5. The molecular weight excluding hydrogens is 1600 g/mol. The fraction of sp³-hybridized carbons (Fsp3) is 0.392. The fourth-order valence-corrected chi connectivity index (χ4v) is 9.46. The molecule has 576 valence electrons. The lowest BCUT2D eigenvalue weighted by atomic mass is 9.71. The Morgan fingerprint density at radius 1 is 0.547 bits per heavy atom. The zero-order chi connectivity index (χ0) is 79.0. The predicted octanol–water partition coefficient (Wildman–Crippen LogP) is 15.5. The van der Waals surface area contributed by atoms with Crippen molar-refractivity contribution in [1.82, 2.24) is 39.9 Å². The highest BCUT2D eigenvalue weighted by Gasteiger charge is 2.34. The number of nitrogens with zero attached hydrogens (tertiary/aromatic N) is 10. The van der Waals surface area contributed by atoms with Gasteiger partial charge in [0, 0.05) is 54.1 Å². The second-order valence-corrected chi connectivity index (χ2v) is 27.4. The van der Waals surface area contributed by atoms with Crippen LogP contribution in [0.15, 0.2) is 165 Å². The van der Waals surface area contributed by atoms with E-state index in [9.17, 15) is 15.1 Å². The van der Waals surface area contributed by atoms with Crippen LogP contribution >= 0.6 is 47.0 Å². The summed E-state index contributed by atoms with van der Waals surface area (Å²) in [5.74, 6) is 6.62. The van der Waals surface area contributed by atoms with Gasteiger partial charge in [-0.25, -0.2) is 11.6 Å². The number of nitrogens with two attached hydrogens (primary N) is 1. The molecule has 24 nitrogen and oxygen atoms in total. The van der Waals surface area contributed by atoms with Crippen LogP contribution in [0.25, 0.3) is 4.85 Å². The van der Waals surface area contributed by atoms with Crippen molar-refractivity contribution in [2.45, 2.75) is 142 Å². The van der Waals surface area contributed by atoms with Crippen LogP contribution in [-0.4, -0.2) is 129 Å². The molecule has 5 N–H and O–H groups in total. The van der Waals surface area contributed by atoms with Gasteiger partial charge in [-0.2, -0.15) is 4.73 Å². The van der Waals surface area contributed by atoms with Crippen LogP contribution in [0.1, 0.15) is 136 Å². The topological polar surface area (TPSA) is 312 Å². The number of Topliss-reactive ketones (excluding diaryl/α,β-unsaturated/α-hetero) is 1. The van der Waals surface area contributed by atoms with Crippen molar-refractivity contribution in [3.8, 4) is 51.7 Å². The van der Waals surface area contributed by atoms with E-state index in [4.69, 9.17) is 72.0 Å². The van der Waals surface area contributed by atoms with Gasteiger partial charge in [0.1, 0.15) is 63.1 Å². The number of alkyl halides is 1. The minimum Gasteiger partial charge on any atom is -0.618 e. The van der Waals surface area contributed by atoms with Crippen molar-refractivity contribution < 1.29 is 62.7 Å². The molecule has 0 aliphatic heterocycles. The molecule has 0 unspecified atom stereocenters. The third-order valence-electron chi connectivity index (χ3n) is 15.3. The van der Waals surface area contributed by atoms with Gasteiger partial charge in [0.15, 0.2) is 11.4 Å². The van der Waals surface area contributed by atoms with E-state index in [2.05, 4.69) is 73.9 Å². The molecule has 0 bridgehead atoms. The Kier molecular flexibility index (Phi) is 51.3. The van der Waals surface area contributed by atoms with Crippen molar-refractivity contribution in [2.75, 3.05) is 63.4 Å². The van der Waals surface area contributed by atoms with E-state index < -0.39 is 5.60 Å². The van der Waals surface area contributed by atoms with E-state index in [-0.39, 0.29) is 23.6 Å². The van der Waals surface area contributed by atoms with Crippen LogP contribution in [0.4, 0.5) is 0 Å². The number of hydrogen-bond acceptors (Lipinski definition) is 22. The van der Waals surface area contributed by atoms with Crippen LogP contribution in [0.3, 0.4) is 0 Å². The Hall–Kier alpha value is -8.99. The number of aliphatic hydroxyl groups excluding tert-OH is 1. The number of aryl methyl sites for hydroxylation is 3. The molecule has 9 aromatic rings. The maximum Gasteiger partial charge on any atom is 0.256 e. The number of hydrogen-bond donors (Lipinski definition) is 4. The lowest BCUT2D eigenvalue weighted by Crippen LogP contribution is -2.37. The van der Waals surface area contributed by atoms with Gasteiger partial charge in [0.2, 0.25) is 6.20 Å². The van der Waals surface area contributed by atoms with Gasteiger partial charge >= 0.3 is 0 Å². The first kappa shape index (κ1) is 95.0. The molecule has 9 aromatic heterocycles. The van der Waals surface area contributed by atoms with Crippen molar-refractivity contribution >= 4 is 57.3 Å². The van der Waals surface area contributed by atoms with E-state index in [1.165, 1.54) is 58.0 Å². The molecule has 0 aromatic carbocycles. The van der Waals surface area contributed by atoms with Crippen LogP contribution in [0, 0.1) is 32.6 Å². The highest BCUT2D eigenvalue weighted by Crippen LogP contribution is 2.38. The highest BCUT2D eigenvalue weighted by molar-refractivity contribution is 15.0. The molecule has 2 fully saturated rings. The number of pyridine rings is 9. The Labute approximate surface area is 651 Å². The molecule has 0 saturated heterocycles. The summed E-state index contributed by atoms with van der Waals surface area (Å²) in [5, 5.41) is 38.5. The summed E-state index contributed by atoms with van der Waals surface area (Å²) in [6, 6.07) is 32.8. The smallest absolute Gasteiger partial charge is 0.256 e. The fourth-order valence-electron chi connectivity index (χ4n) is 9.30. The molecule has 2 saturated carbocycles. The van der Waals surface area contributed by atoms with Gasteiger partial charge in [-0.3, -0.25) is 39.7 Å². The maximum atomic E-state index is 10.8. The number of methoxy groups -OCH3 is 8. The van der Waals surface area contributed by atoms with E-state index in [0.29, 0.717) is 70.8 Å². The number of halogens is 3. The first-order valence-corrected chi connectivity index (χ1v) is 42.2. The maximum absolute atomic E-state index is 10.8. The molecule has 106 heavy (non-hydrogen) atoms. The molecule has 2 aliphatic rings. The summed E-state index contributed by atoms with van der Waals surface area (Å²) in [5.41, 5.74) is 13.0. The SMILES string of the molecule is C=II.CC.COc1ccc(C)[n+]([O-])c1.COc1ccc(C)nc1.COc1ccc(C2(CN)CCCCC2)nc1.COc1ccc(C2(O)CCCCC2)nc1.COc1ccc(CC(C)=O)nc1.COc1ccc(CCl)nc1.COc1ccc(CO)nc1.Cc1ccc(O)cn1.[C-]#[N+]Cc1ccc(OC)cn1. The minimum absolute atomic E-state index is 0.0238. The number of ketones is 1. The molecular formula is C79H106ClI2N11O13. The average Bonchev–Trinajstić information content (AvgIpc) is 0.810. The Morgan fingerprint density at radius 3 is 1.23 bits per heavy atom. The zero-order valence-corrected chi connectivity index (χ0v) is 68.6. The number of ether oxygens (including phenoxy) is 8. The van der Waals surface area contributed by atoms with Crippen LogP contribution in [0.2, 0.25) is 0 Å². The molecule has 0 spiro atoms. The molecule has 2 aliphatic carbocycles. The van der Waals surface area contributed by atoms with Gasteiger partial charge in [-0.1, -0.05) is 73.6 Å². The number of rotatable bonds is 16. The van der Waals surface area contributed by atoms with Crippen LogP contribution < -0.4 is 48.4 Å². The number of aliphatic hydroxyl groups is 2.